The first-order chi connectivity index (χ1) is 19.7. The number of nitrogens with one attached hydrogen (secondary N) is 2. The van der Waals surface area contributed by atoms with Gasteiger partial charge in [0.25, 0.3) is 0 Å². The Balaban J connectivity index is 0.000000191. The molecule has 0 aliphatic rings. The number of thiol groups is 1. The van der Waals surface area contributed by atoms with Crippen molar-refractivity contribution in [3.63, 3.8) is 0 Å². The lowest BCUT2D eigenvalue weighted by atomic mass is 9.94. The number of aryl methyl sites for hydroxylation is 3. The van der Waals surface area contributed by atoms with E-state index in [1.165, 1.54) is 30.3 Å². The molecule has 0 saturated carbocycles. The molecule has 2 heterocycles. The molecule has 0 radical (unpaired) electrons. The second kappa shape index (κ2) is 12.9. The standard InChI is InChI=1S/C15H11F2NO.C15H15N3O2S2/c1-9-12-6-7-18-14(12)8-13(17)15(9)19-11-4-2-10(16)3-5-11;1-10-17-8-13(18-10)15(9-16,22-21)12-4-2-3-11(7-12)5-6-14(19)20/h2-8,18H,1H3;2-4,7-8,21H,5-6H2,1H3,(H,17,18)(H,19,20). The number of imidazole rings is 1. The molecule has 3 N–H and O–H groups in total. The van der Waals surface area contributed by atoms with Crippen molar-refractivity contribution in [1.29, 1.82) is 5.26 Å². The first-order valence-electron chi connectivity index (χ1n) is 12.4. The van der Waals surface area contributed by atoms with E-state index in [2.05, 4.69) is 32.7 Å². The first-order valence-corrected chi connectivity index (χ1v) is 14.3. The molecular formula is C30H26F2N4O3S2. The second-order valence-electron chi connectivity index (χ2n) is 9.17. The quantitative estimate of drug-likeness (QED) is 0.109. The van der Waals surface area contributed by atoms with Crippen LogP contribution in [-0.4, -0.2) is 26.0 Å². The number of fused-ring (bicyclic) bond motifs is 1. The number of benzene rings is 3. The topological polar surface area (TPSA) is 115 Å². The van der Waals surface area contributed by atoms with Crippen molar-refractivity contribution < 1.29 is 23.4 Å². The molecule has 0 amide bonds. The van der Waals surface area contributed by atoms with Gasteiger partial charge in [-0.05, 0) is 61.7 Å². The van der Waals surface area contributed by atoms with Gasteiger partial charge in [-0.3, -0.25) is 4.79 Å². The Morgan fingerprint density at radius 1 is 1.17 bits per heavy atom. The van der Waals surface area contributed by atoms with Crippen molar-refractivity contribution in [1.82, 2.24) is 15.0 Å². The monoisotopic (exact) mass is 592 g/mol. The Morgan fingerprint density at radius 3 is 2.56 bits per heavy atom. The number of hydrogen-bond acceptors (Lipinski definition) is 6. The van der Waals surface area contributed by atoms with Gasteiger partial charge in [0.05, 0.1) is 18.0 Å². The van der Waals surface area contributed by atoms with Crippen molar-refractivity contribution in [2.24, 2.45) is 0 Å². The van der Waals surface area contributed by atoms with Crippen LogP contribution >= 0.6 is 22.5 Å². The summed E-state index contributed by atoms with van der Waals surface area (Å²) in [6.07, 6.45) is 3.86. The lowest BCUT2D eigenvalue weighted by Gasteiger charge is -2.23. The SMILES string of the molecule is Cc1c(Oc2ccc(F)cc2)c(F)cc2[nH]ccc12.Cc1ncc(C(C#N)(SS)c2cccc(CCC(=O)O)c2)[nH]1. The molecule has 0 fully saturated rings. The van der Waals surface area contributed by atoms with Gasteiger partial charge in [0.15, 0.2) is 16.3 Å². The van der Waals surface area contributed by atoms with Crippen molar-refractivity contribution in [2.75, 3.05) is 0 Å². The number of nitriles is 1. The minimum absolute atomic E-state index is 0.0557. The summed E-state index contributed by atoms with van der Waals surface area (Å²) in [5.41, 5.74) is 3.71. The van der Waals surface area contributed by atoms with Gasteiger partial charge >= 0.3 is 5.97 Å². The fourth-order valence-electron chi connectivity index (χ4n) is 4.27. The fourth-order valence-corrected chi connectivity index (χ4v) is 5.48. The van der Waals surface area contributed by atoms with Crippen LogP contribution in [0.4, 0.5) is 8.78 Å². The normalized spacial score (nSPS) is 12.2. The number of halogens is 2. The number of hydrogen-bond donors (Lipinski definition) is 4. The molecule has 3 aromatic carbocycles. The number of aromatic nitrogens is 3. The number of rotatable bonds is 8. The molecule has 11 heteroatoms. The van der Waals surface area contributed by atoms with Gasteiger partial charge in [0, 0.05) is 35.2 Å². The van der Waals surface area contributed by atoms with Gasteiger partial charge in [0.1, 0.15) is 17.4 Å². The number of ether oxygens (including phenoxy) is 1. The molecule has 7 nitrogen and oxygen atoms in total. The van der Waals surface area contributed by atoms with Gasteiger partial charge in [-0.2, -0.15) is 5.26 Å². The highest BCUT2D eigenvalue weighted by molar-refractivity contribution is 8.69. The smallest absolute Gasteiger partial charge is 0.303 e. The Bertz CT molecular complexity index is 1710. The third kappa shape index (κ3) is 6.73. The van der Waals surface area contributed by atoms with E-state index in [-0.39, 0.29) is 18.0 Å². The predicted octanol–water partition coefficient (Wildman–Crippen LogP) is 7.63. The lowest BCUT2D eigenvalue weighted by molar-refractivity contribution is -0.136. The maximum absolute atomic E-state index is 14.0. The zero-order valence-corrected chi connectivity index (χ0v) is 23.8. The summed E-state index contributed by atoms with van der Waals surface area (Å²) in [5, 5.41) is 19.4. The van der Waals surface area contributed by atoms with Gasteiger partial charge in [-0.1, -0.05) is 35.1 Å². The number of carbonyl (C=O) groups is 1. The molecular weight excluding hydrogens is 566 g/mol. The van der Waals surface area contributed by atoms with Crippen LogP contribution in [0.1, 0.15) is 34.6 Å². The summed E-state index contributed by atoms with van der Waals surface area (Å²) in [6.45, 7) is 3.61. The summed E-state index contributed by atoms with van der Waals surface area (Å²) in [7, 11) is 1.12. The Hall–Kier alpha value is -4.27. The van der Waals surface area contributed by atoms with E-state index in [4.69, 9.17) is 9.84 Å². The number of nitrogens with zero attached hydrogens (tertiary/aromatic N) is 2. The number of aromatic amines is 2. The molecule has 1 unspecified atom stereocenters. The maximum Gasteiger partial charge on any atom is 0.303 e. The average Bonchev–Trinajstić information content (AvgIpc) is 3.62. The Morgan fingerprint density at radius 2 is 1.93 bits per heavy atom. The largest absolute Gasteiger partial charge is 0.481 e. The number of carboxylic acids is 1. The van der Waals surface area contributed by atoms with E-state index in [0.29, 0.717) is 23.4 Å². The van der Waals surface area contributed by atoms with Crippen LogP contribution in [-0.2, 0) is 16.0 Å². The molecule has 0 aliphatic carbocycles. The molecule has 5 aromatic rings. The molecule has 41 heavy (non-hydrogen) atoms. The van der Waals surface area contributed by atoms with E-state index >= 15 is 0 Å². The zero-order valence-electron chi connectivity index (χ0n) is 22.1. The Kier molecular flexibility index (Phi) is 9.37. The van der Waals surface area contributed by atoms with Crippen LogP contribution in [0.3, 0.4) is 0 Å². The van der Waals surface area contributed by atoms with Crippen LogP contribution in [0.15, 0.2) is 73.1 Å². The molecule has 1 atom stereocenters. The highest BCUT2D eigenvalue weighted by Crippen LogP contribution is 2.44. The summed E-state index contributed by atoms with van der Waals surface area (Å²) >= 11 is 4.28. The third-order valence-corrected chi connectivity index (χ3v) is 8.03. The molecule has 2 aromatic heterocycles. The highest BCUT2D eigenvalue weighted by atomic mass is 33.1. The predicted molar refractivity (Wildman–Crippen MR) is 158 cm³/mol. The molecule has 0 saturated heterocycles. The zero-order chi connectivity index (χ0) is 29.6. The highest BCUT2D eigenvalue weighted by Gasteiger charge is 2.36. The van der Waals surface area contributed by atoms with E-state index < -0.39 is 16.5 Å². The minimum atomic E-state index is -1.01. The third-order valence-electron chi connectivity index (χ3n) is 6.38. The number of carboxylic acid groups (broad SMARTS) is 1. The van der Waals surface area contributed by atoms with E-state index in [1.807, 2.05) is 37.3 Å². The number of aliphatic carboxylic acids is 1. The van der Waals surface area contributed by atoms with Gasteiger partial charge in [-0.15, -0.1) is 11.7 Å². The summed E-state index contributed by atoms with van der Waals surface area (Å²) in [6, 6.07) is 18.4. The second-order valence-corrected chi connectivity index (χ2v) is 10.5. The fraction of sp³-hybridized carbons (Fsp3) is 0.167. The summed E-state index contributed by atoms with van der Waals surface area (Å²) in [4.78, 5) is 20.9. The minimum Gasteiger partial charge on any atom is -0.481 e. The van der Waals surface area contributed by atoms with Crippen molar-refractivity contribution in [3.8, 4) is 17.6 Å². The van der Waals surface area contributed by atoms with E-state index in [1.54, 1.807) is 19.3 Å². The molecule has 5 rings (SSSR count). The molecule has 210 valence electrons. The maximum atomic E-state index is 14.0. The van der Waals surface area contributed by atoms with E-state index in [9.17, 15) is 18.8 Å². The van der Waals surface area contributed by atoms with Crippen LogP contribution in [0.25, 0.3) is 10.9 Å². The van der Waals surface area contributed by atoms with Crippen LogP contribution in [0.2, 0.25) is 0 Å². The van der Waals surface area contributed by atoms with Crippen molar-refractivity contribution in [2.45, 2.75) is 31.4 Å². The van der Waals surface area contributed by atoms with Crippen LogP contribution < -0.4 is 4.74 Å². The number of H-pyrrole nitrogens is 2. The van der Waals surface area contributed by atoms with Crippen LogP contribution in [0.5, 0.6) is 11.5 Å². The molecule has 0 spiro atoms. The average molecular weight is 593 g/mol. The lowest BCUT2D eigenvalue weighted by Crippen LogP contribution is -2.21. The van der Waals surface area contributed by atoms with E-state index in [0.717, 1.165) is 38.6 Å². The Labute approximate surface area is 244 Å². The molecule has 0 aliphatic heterocycles. The summed E-state index contributed by atoms with van der Waals surface area (Å²) in [5.74, 6) is -0.358. The van der Waals surface area contributed by atoms with Gasteiger partial charge < -0.3 is 19.8 Å². The molecule has 0 bridgehead atoms. The van der Waals surface area contributed by atoms with Crippen molar-refractivity contribution >= 4 is 39.3 Å². The van der Waals surface area contributed by atoms with Crippen molar-refractivity contribution in [3.05, 3.63) is 113 Å². The van der Waals surface area contributed by atoms with Gasteiger partial charge in [-0.25, -0.2) is 13.8 Å². The first kappa shape index (κ1) is 29.7. The summed E-state index contributed by atoms with van der Waals surface area (Å²) < 4.78 is 31.3. The van der Waals surface area contributed by atoms with Gasteiger partial charge in [0.2, 0.25) is 0 Å². The van der Waals surface area contributed by atoms with Crippen LogP contribution in [0, 0.1) is 36.8 Å².